The lowest BCUT2D eigenvalue weighted by Gasteiger charge is -2.19. The van der Waals surface area contributed by atoms with Gasteiger partial charge in [0.1, 0.15) is 0 Å². The monoisotopic (exact) mass is 234 g/mol. The third-order valence-electron chi connectivity index (χ3n) is 2.80. The molecule has 0 amide bonds. The first-order chi connectivity index (χ1) is 7.69. The van der Waals surface area contributed by atoms with Gasteiger partial charge < -0.3 is 5.11 Å². The molecule has 1 atom stereocenters. The van der Waals surface area contributed by atoms with Gasteiger partial charge in [0, 0.05) is 23.8 Å². The van der Waals surface area contributed by atoms with Crippen molar-refractivity contribution in [2.24, 2.45) is 0 Å². The van der Waals surface area contributed by atoms with E-state index in [1.54, 1.807) is 11.8 Å². The maximum Gasteiger partial charge on any atom is 0.159 e. The average molecular weight is 234 g/mol. The number of ketones is 1. The molecular weight excluding hydrogens is 220 g/mol. The molecule has 0 saturated heterocycles. The van der Waals surface area contributed by atoms with Crippen LogP contribution in [0.15, 0.2) is 41.0 Å². The molecule has 0 bridgehead atoms. The molecule has 2 nitrogen and oxygen atoms in total. The summed E-state index contributed by atoms with van der Waals surface area (Å²) in [6.07, 6.45) is 4.45. The first-order valence-corrected chi connectivity index (χ1v) is 6.48. The van der Waals surface area contributed by atoms with Crippen molar-refractivity contribution in [3.8, 4) is 0 Å². The molecule has 1 aromatic rings. The molecule has 2 rings (SSSR count). The summed E-state index contributed by atoms with van der Waals surface area (Å²) in [4.78, 5) is 12.6. The molecule has 84 valence electrons. The Morgan fingerprint density at radius 3 is 2.88 bits per heavy atom. The van der Waals surface area contributed by atoms with Gasteiger partial charge in [-0.2, -0.15) is 0 Å². The number of rotatable bonds is 2. The zero-order valence-corrected chi connectivity index (χ0v) is 9.96. The topological polar surface area (TPSA) is 37.3 Å². The van der Waals surface area contributed by atoms with E-state index in [-0.39, 0.29) is 17.5 Å². The minimum absolute atomic E-state index is 0.0169. The Balaban J connectivity index is 2.24. The lowest BCUT2D eigenvalue weighted by molar-refractivity contribution is -0.115. The largest absolute Gasteiger partial charge is 0.512 e. The number of thioether (sulfide) groups is 1. The molecule has 1 aromatic carbocycles. The Kier molecular flexibility index (Phi) is 3.34. The van der Waals surface area contributed by atoms with Crippen LogP contribution in [0.5, 0.6) is 0 Å². The average Bonchev–Trinajstić information content (AvgIpc) is 2.28. The summed E-state index contributed by atoms with van der Waals surface area (Å²) in [5.74, 6) is 0.351. The quantitative estimate of drug-likeness (QED) is 0.798. The van der Waals surface area contributed by atoms with Crippen LogP contribution in [0.2, 0.25) is 0 Å². The van der Waals surface area contributed by atoms with Gasteiger partial charge in [-0.15, -0.1) is 11.8 Å². The standard InChI is InChI=1S/C13H14O2S/c1-16-13-4-2-3-9(7-13)10-5-11(14)8-12(15)6-10/h2-4,7-8,10,14H,5-6H2,1H3. The highest BCUT2D eigenvalue weighted by Crippen LogP contribution is 2.31. The van der Waals surface area contributed by atoms with Crippen LogP contribution < -0.4 is 0 Å². The molecular formula is C13H14O2S. The van der Waals surface area contributed by atoms with E-state index < -0.39 is 0 Å². The molecule has 1 aliphatic rings. The van der Waals surface area contributed by atoms with Crippen molar-refractivity contribution in [1.82, 2.24) is 0 Å². The second-order valence-electron chi connectivity index (χ2n) is 3.98. The maximum atomic E-state index is 11.4. The Labute approximate surface area is 99.4 Å². The van der Waals surface area contributed by atoms with Crippen LogP contribution in [0.1, 0.15) is 24.3 Å². The highest BCUT2D eigenvalue weighted by atomic mass is 32.2. The molecule has 1 unspecified atom stereocenters. The van der Waals surface area contributed by atoms with Gasteiger partial charge in [0.2, 0.25) is 0 Å². The van der Waals surface area contributed by atoms with Crippen molar-refractivity contribution in [2.45, 2.75) is 23.7 Å². The third-order valence-corrected chi connectivity index (χ3v) is 3.52. The van der Waals surface area contributed by atoms with E-state index in [9.17, 15) is 9.90 Å². The summed E-state index contributed by atoms with van der Waals surface area (Å²) in [6.45, 7) is 0. The number of carbonyl (C=O) groups is 1. The zero-order chi connectivity index (χ0) is 11.5. The van der Waals surface area contributed by atoms with Crippen molar-refractivity contribution in [2.75, 3.05) is 6.26 Å². The van der Waals surface area contributed by atoms with Gasteiger partial charge in [-0.05, 0) is 29.9 Å². The van der Waals surface area contributed by atoms with E-state index in [0.29, 0.717) is 12.8 Å². The number of hydrogen-bond acceptors (Lipinski definition) is 3. The van der Waals surface area contributed by atoms with E-state index in [2.05, 4.69) is 12.1 Å². The van der Waals surface area contributed by atoms with Gasteiger partial charge in [-0.3, -0.25) is 4.79 Å². The van der Waals surface area contributed by atoms with Gasteiger partial charge >= 0.3 is 0 Å². The number of aliphatic hydroxyl groups excluding tert-OH is 1. The van der Waals surface area contributed by atoms with Crippen molar-refractivity contribution in [1.29, 1.82) is 0 Å². The molecule has 0 heterocycles. The van der Waals surface area contributed by atoms with E-state index in [4.69, 9.17) is 0 Å². The summed E-state index contributed by atoms with van der Waals surface area (Å²) in [5, 5.41) is 9.47. The van der Waals surface area contributed by atoms with Crippen molar-refractivity contribution >= 4 is 17.5 Å². The van der Waals surface area contributed by atoms with Crippen LogP contribution >= 0.6 is 11.8 Å². The maximum absolute atomic E-state index is 11.4. The van der Waals surface area contributed by atoms with Crippen molar-refractivity contribution in [3.05, 3.63) is 41.7 Å². The molecule has 0 aliphatic heterocycles. The van der Waals surface area contributed by atoms with E-state index in [1.807, 2.05) is 18.4 Å². The minimum Gasteiger partial charge on any atom is -0.512 e. The molecule has 0 radical (unpaired) electrons. The number of aliphatic hydroxyl groups is 1. The van der Waals surface area contributed by atoms with Crippen LogP contribution in [-0.4, -0.2) is 17.1 Å². The van der Waals surface area contributed by atoms with Gasteiger partial charge in [0.05, 0.1) is 5.76 Å². The van der Waals surface area contributed by atoms with Crippen molar-refractivity contribution < 1.29 is 9.90 Å². The van der Waals surface area contributed by atoms with Crippen LogP contribution in [0.25, 0.3) is 0 Å². The summed E-state index contributed by atoms with van der Waals surface area (Å²) in [6, 6.07) is 8.17. The Hall–Kier alpha value is -1.22. The summed E-state index contributed by atoms with van der Waals surface area (Å²) in [5.41, 5.74) is 1.14. The fourth-order valence-corrected chi connectivity index (χ4v) is 2.47. The highest BCUT2D eigenvalue weighted by molar-refractivity contribution is 7.98. The van der Waals surface area contributed by atoms with Crippen LogP contribution in [0.3, 0.4) is 0 Å². The predicted molar refractivity (Wildman–Crippen MR) is 65.9 cm³/mol. The first kappa shape index (κ1) is 11.3. The predicted octanol–water partition coefficient (Wildman–Crippen LogP) is 3.30. The van der Waals surface area contributed by atoms with Gasteiger partial charge in [0.25, 0.3) is 0 Å². The fourth-order valence-electron chi connectivity index (χ4n) is 2.00. The molecule has 0 aromatic heterocycles. The fraction of sp³-hybridized carbons (Fsp3) is 0.308. The first-order valence-electron chi connectivity index (χ1n) is 5.25. The number of carbonyl (C=O) groups excluding carboxylic acids is 1. The van der Waals surface area contributed by atoms with E-state index in [0.717, 1.165) is 5.56 Å². The zero-order valence-electron chi connectivity index (χ0n) is 9.14. The molecule has 0 saturated carbocycles. The molecule has 1 N–H and O–H groups in total. The van der Waals surface area contributed by atoms with E-state index in [1.165, 1.54) is 11.0 Å². The SMILES string of the molecule is CSc1cccc(C2CC(=O)C=C(O)C2)c1. The van der Waals surface area contributed by atoms with Crippen molar-refractivity contribution in [3.63, 3.8) is 0 Å². The number of hydrogen-bond donors (Lipinski definition) is 1. The smallest absolute Gasteiger partial charge is 0.159 e. The minimum atomic E-state index is 0.0169. The molecule has 1 aliphatic carbocycles. The normalized spacial score (nSPS) is 20.7. The van der Waals surface area contributed by atoms with Gasteiger partial charge in [-0.25, -0.2) is 0 Å². The molecule has 0 spiro atoms. The van der Waals surface area contributed by atoms with Gasteiger partial charge in [0.15, 0.2) is 5.78 Å². The Morgan fingerprint density at radius 2 is 2.19 bits per heavy atom. The second kappa shape index (κ2) is 4.74. The summed E-state index contributed by atoms with van der Waals surface area (Å²) in [7, 11) is 0. The van der Waals surface area contributed by atoms with Crippen LogP contribution in [-0.2, 0) is 4.79 Å². The third kappa shape index (κ3) is 2.47. The van der Waals surface area contributed by atoms with Crippen LogP contribution in [0.4, 0.5) is 0 Å². The molecule has 3 heteroatoms. The highest BCUT2D eigenvalue weighted by Gasteiger charge is 2.21. The summed E-state index contributed by atoms with van der Waals surface area (Å²) >= 11 is 1.69. The van der Waals surface area contributed by atoms with Crippen LogP contribution in [0, 0.1) is 0 Å². The summed E-state index contributed by atoms with van der Waals surface area (Å²) < 4.78 is 0. The second-order valence-corrected chi connectivity index (χ2v) is 4.86. The Bertz CT molecular complexity index is 437. The number of allylic oxidation sites excluding steroid dienone is 2. The molecule has 16 heavy (non-hydrogen) atoms. The van der Waals surface area contributed by atoms with Gasteiger partial charge in [-0.1, -0.05) is 12.1 Å². The molecule has 0 fully saturated rings. The lowest BCUT2D eigenvalue weighted by Crippen LogP contribution is -2.12. The Morgan fingerprint density at radius 1 is 1.38 bits per heavy atom. The van der Waals surface area contributed by atoms with E-state index >= 15 is 0 Å². The number of benzene rings is 1. The lowest BCUT2D eigenvalue weighted by atomic mass is 9.86.